The topological polar surface area (TPSA) is 106 Å². The van der Waals surface area contributed by atoms with Crippen LogP contribution < -0.4 is 10.6 Å². The number of carbonyl (C=O) groups excluding carboxylic acids is 1. The number of carbonyl (C=O) groups is 1. The van der Waals surface area contributed by atoms with Gasteiger partial charge in [-0.05, 0) is 49.9 Å². The second kappa shape index (κ2) is 7.90. The largest absolute Gasteiger partial charge is 0.331 e. The maximum Gasteiger partial charge on any atom is 0.319 e. The predicted octanol–water partition coefficient (Wildman–Crippen LogP) is 2.65. The van der Waals surface area contributed by atoms with Crippen molar-refractivity contribution < 1.29 is 13.2 Å². The minimum atomic E-state index is -3.28. The summed E-state index contributed by atoms with van der Waals surface area (Å²) in [5.41, 5.74) is 0.547. The van der Waals surface area contributed by atoms with E-state index in [4.69, 9.17) is 0 Å². The molecule has 28 heavy (non-hydrogen) atoms. The van der Waals surface area contributed by atoms with E-state index in [2.05, 4.69) is 25.4 Å². The molecule has 0 atom stereocenters. The van der Waals surface area contributed by atoms with Crippen molar-refractivity contribution in [2.75, 3.05) is 5.32 Å². The molecule has 4 rings (SSSR count). The molecule has 2 amide bonds. The highest BCUT2D eigenvalue weighted by Crippen LogP contribution is 2.30. The molecule has 2 N–H and O–H groups in total. The van der Waals surface area contributed by atoms with Gasteiger partial charge in [-0.3, -0.25) is 0 Å². The lowest BCUT2D eigenvalue weighted by molar-refractivity contribution is 0.251. The third-order valence-electron chi connectivity index (χ3n) is 5.52. The van der Waals surface area contributed by atoms with Crippen LogP contribution in [0.15, 0.2) is 29.2 Å². The molecule has 2 heterocycles. The van der Waals surface area contributed by atoms with Crippen molar-refractivity contribution in [1.29, 1.82) is 0 Å². The SMILES string of the molecule is O=C(NCc1nnc2n1CCCC2)Nc1ccc(S(=O)(=O)C2CCCC2)cc1. The Kier molecular flexibility index (Phi) is 5.34. The molecule has 0 saturated heterocycles. The van der Waals surface area contributed by atoms with Gasteiger partial charge in [0.05, 0.1) is 16.7 Å². The van der Waals surface area contributed by atoms with Crippen LogP contribution in [0.2, 0.25) is 0 Å². The van der Waals surface area contributed by atoms with Gasteiger partial charge in [0.2, 0.25) is 0 Å². The first kappa shape index (κ1) is 18.9. The Morgan fingerprint density at radius 1 is 1.07 bits per heavy atom. The minimum Gasteiger partial charge on any atom is -0.331 e. The summed E-state index contributed by atoms with van der Waals surface area (Å²) < 4.78 is 27.3. The van der Waals surface area contributed by atoms with Gasteiger partial charge in [-0.2, -0.15) is 0 Å². The van der Waals surface area contributed by atoms with E-state index in [0.29, 0.717) is 17.1 Å². The van der Waals surface area contributed by atoms with Gasteiger partial charge >= 0.3 is 6.03 Å². The van der Waals surface area contributed by atoms with Crippen LogP contribution in [-0.4, -0.2) is 34.5 Å². The Morgan fingerprint density at radius 3 is 2.57 bits per heavy atom. The molecule has 1 fully saturated rings. The second-order valence-electron chi connectivity index (χ2n) is 7.42. The number of rotatable bonds is 5. The van der Waals surface area contributed by atoms with Crippen LogP contribution in [0.4, 0.5) is 10.5 Å². The number of hydrogen-bond acceptors (Lipinski definition) is 5. The van der Waals surface area contributed by atoms with Gasteiger partial charge in [-0.1, -0.05) is 12.8 Å². The molecule has 1 aromatic heterocycles. The van der Waals surface area contributed by atoms with E-state index < -0.39 is 9.84 Å². The highest BCUT2D eigenvalue weighted by molar-refractivity contribution is 7.92. The monoisotopic (exact) mass is 403 g/mol. The van der Waals surface area contributed by atoms with Gasteiger partial charge in [0, 0.05) is 18.7 Å². The van der Waals surface area contributed by atoms with Gasteiger partial charge in [-0.25, -0.2) is 13.2 Å². The van der Waals surface area contributed by atoms with Crippen LogP contribution in [0.5, 0.6) is 0 Å². The molecule has 0 unspecified atom stereocenters. The number of fused-ring (bicyclic) bond motifs is 1. The molecule has 2 aromatic rings. The average Bonchev–Trinajstić information content (AvgIpc) is 3.37. The van der Waals surface area contributed by atoms with Crippen molar-refractivity contribution in [3.8, 4) is 0 Å². The minimum absolute atomic E-state index is 0.274. The molecular formula is C19H25N5O3S. The van der Waals surface area contributed by atoms with Crippen molar-refractivity contribution in [2.24, 2.45) is 0 Å². The van der Waals surface area contributed by atoms with Gasteiger partial charge in [0.15, 0.2) is 15.7 Å². The molecule has 8 nitrogen and oxygen atoms in total. The number of benzene rings is 1. The molecule has 1 aliphatic heterocycles. The third-order valence-corrected chi connectivity index (χ3v) is 7.80. The first-order valence-corrected chi connectivity index (χ1v) is 11.4. The summed E-state index contributed by atoms with van der Waals surface area (Å²) in [5.74, 6) is 1.73. The van der Waals surface area contributed by atoms with Crippen LogP contribution in [0, 0.1) is 0 Å². The molecular weight excluding hydrogens is 378 g/mol. The van der Waals surface area contributed by atoms with Crippen LogP contribution in [0.1, 0.15) is 50.2 Å². The normalized spacial score (nSPS) is 17.3. The van der Waals surface area contributed by atoms with Gasteiger partial charge in [0.25, 0.3) is 0 Å². The molecule has 1 aliphatic carbocycles. The molecule has 1 aromatic carbocycles. The zero-order valence-electron chi connectivity index (χ0n) is 15.7. The highest BCUT2D eigenvalue weighted by Gasteiger charge is 2.30. The van der Waals surface area contributed by atoms with E-state index in [0.717, 1.165) is 63.1 Å². The summed E-state index contributed by atoms with van der Waals surface area (Å²) in [6, 6.07) is 6.02. The summed E-state index contributed by atoms with van der Waals surface area (Å²) in [6.45, 7) is 1.19. The van der Waals surface area contributed by atoms with Crippen molar-refractivity contribution >= 4 is 21.6 Å². The Balaban J connectivity index is 1.34. The number of amides is 2. The highest BCUT2D eigenvalue weighted by atomic mass is 32.2. The summed E-state index contributed by atoms with van der Waals surface area (Å²) in [4.78, 5) is 12.5. The number of nitrogens with one attached hydrogen (secondary N) is 2. The van der Waals surface area contributed by atoms with Gasteiger partial charge < -0.3 is 15.2 Å². The quantitative estimate of drug-likeness (QED) is 0.798. The molecule has 0 spiro atoms. The fourth-order valence-electron chi connectivity index (χ4n) is 3.95. The predicted molar refractivity (Wildman–Crippen MR) is 105 cm³/mol. The first-order chi connectivity index (χ1) is 13.5. The van der Waals surface area contributed by atoms with Crippen molar-refractivity contribution in [1.82, 2.24) is 20.1 Å². The zero-order valence-corrected chi connectivity index (χ0v) is 16.5. The summed E-state index contributed by atoms with van der Waals surface area (Å²) in [5, 5.41) is 13.6. The fourth-order valence-corrected chi connectivity index (χ4v) is 5.81. The lowest BCUT2D eigenvalue weighted by atomic mass is 10.2. The molecule has 2 aliphatic rings. The summed E-state index contributed by atoms with van der Waals surface area (Å²) in [6.07, 6.45) is 6.56. The number of urea groups is 1. The maximum absolute atomic E-state index is 12.6. The summed E-state index contributed by atoms with van der Waals surface area (Å²) in [7, 11) is -3.28. The van der Waals surface area contributed by atoms with Gasteiger partial charge in [-0.15, -0.1) is 10.2 Å². The Hall–Kier alpha value is -2.42. The van der Waals surface area contributed by atoms with E-state index >= 15 is 0 Å². The number of nitrogens with zero attached hydrogens (tertiary/aromatic N) is 3. The number of sulfone groups is 1. The maximum atomic E-state index is 12.6. The zero-order chi connectivity index (χ0) is 19.6. The van der Waals surface area contributed by atoms with Crippen LogP contribution >= 0.6 is 0 Å². The van der Waals surface area contributed by atoms with Crippen molar-refractivity contribution in [3.63, 3.8) is 0 Å². The van der Waals surface area contributed by atoms with E-state index in [1.807, 2.05) is 0 Å². The van der Waals surface area contributed by atoms with Gasteiger partial charge in [0.1, 0.15) is 5.82 Å². The second-order valence-corrected chi connectivity index (χ2v) is 9.65. The van der Waals surface area contributed by atoms with E-state index in [1.165, 1.54) is 0 Å². The molecule has 9 heteroatoms. The number of hydrogen-bond donors (Lipinski definition) is 2. The molecule has 0 bridgehead atoms. The van der Waals surface area contributed by atoms with Crippen LogP contribution in [0.3, 0.4) is 0 Å². The fraction of sp³-hybridized carbons (Fsp3) is 0.526. The molecule has 150 valence electrons. The first-order valence-electron chi connectivity index (χ1n) is 9.84. The van der Waals surface area contributed by atoms with E-state index in [1.54, 1.807) is 24.3 Å². The smallest absolute Gasteiger partial charge is 0.319 e. The number of aromatic nitrogens is 3. The lowest BCUT2D eigenvalue weighted by Gasteiger charge is -2.15. The van der Waals surface area contributed by atoms with E-state index in [-0.39, 0.29) is 11.3 Å². The molecule has 1 saturated carbocycles. The van der Waals surface area contributed by atoms with Crippen molar-refractivity contribution in [2.45, 2.75) is 68.2 Å². The van der Waals surface area contributed by atoms with Crippen LogP contribution in [0.25, 0.3) is 0 Å². The van der Waals surface area contributed by atoms with Crippen LogP contribution in [-0.2, 0) is 29.3 Å². The number of aryl methyl sites for hydroxylation is 1. The Labute approximate surface area is 164 Å². The van der Waals surface area contributed by atoms with Crippen molar-refractivity contribution in [3.05, 3.63) is 35.9 Å². The summed E-state index contributed by atoms with van der Waals surface area (Å²) >= 11 is 0. The average molecular weight is 404 g/mol. The standard InChI is InChI=1S/C19H25N5O3S/c25-19(20-13-18-23-22-17-7-3-4-12-24(17)18)21-14-8-10-16(11-9-14)28(26,27)15-5-1-2-6-15/h8-11,15H,1-7,12-13H2,(H2,20,21,25). The lowest BCUT2D eigenvalue weighted by Crippen LogP contribution is -2.30. The third kappa shape index (κ3) is 3.89. The van der Waals surface area contributed by atoms with E-state index in [9.17, 15) is 13.2 Å². The Bertz CT molecular complexity index is 946. The molecule has 0 radical (unpaired) electrons. The Morgan fingerprint density at radius 2 is 1.82 bits per heavy atom. The number of anilines is 1.